The van der Waals surface area contributed by atoms with Gasteiger partial charge < -0.3 is 15.0 Å². The molecule has 0 saturated heterocycles. The highest BCUT2D eigenvalue weighted by Crippen LogP contribution is 2.10. The van der Waals surface area contributed by atoms with Crippen LogP contribution in [0.25, 0.3) is 0 Å². The number of carbonyl (C=O) groups is 2. The van der Waals surface area contributed by atoms with E-state index in [0.29, 0.717) is 17.1 Å². The molecule has 0 aliphatic carbocycles. The Morgan fingerprint density at radius 1 is 1.17 bits per heavy atom. The van der Waals surface area contributed by atoms with Crippen LogP contribution in [0.5, 0.6) is 5.88 Å². The second-order valence-electron chi connectivity index (χ2n) is 5.16. The Morgan fingerprint density at radius 2 is 1.87 bits per heavy atom. The summed E-state index contributed by atoms with van der Waals surface area (Å²) in [6.07, 6.45) is 1.43. The number of hydrogen-bond donors (Lipinski definition) is 1. The number of nitrogens with zero attached hydrogens (tertiary/aromatic N) is 2. The third-order valence-corrected chi connectivity index (χ3v) is 3.26. The van der Waals surface area contributed by atoms with Crippen LogP contribution in [0.2, 0.25) is 0 Å². The van der Waals surface area contributed by atoms with Crippen LogP contribution in [0.15, 0.2) is 42.6 Å². The van der Waals surface area contributed by atoms with E-state index in [2.05, 4.69) is 10.3 Å². The molecule has 1 aromatic heterocycles. The van der Waals surface area contributed by atoms with Gasteiger partial charge in [-0.1, -0.05) is 17.7 Å². The van der Waals surface area contributed by atoms with Gasteiger partial charge in [-0.05, 0) is 25.1 Å². The molecule has 0 atom stereocenters. The second-order valence-corrected chi connectivity index (χ2v) is 5.16. The molecule has 0 spiro atoms. The molecule has 2 amide bonds. The molecular formula is C17H19N3O3. The maximum absolute atomic E-state index is 12.2. The normalized spacial score (nSPS) is 10.0. The molecule has 1 aromatic carbocycles. The predicted molar refractivity (Wildman–Crippen MR) is 87.6 cm³/mol. The first-order chi connectivity index (χ1) is 11.0. The summed E-state index contributed by atoms with van der Waals surface area (Å²) in [6.45, 7) is 1.93. The first-order valence-corrected chi connectivity index (χ1v) is 7.11. The second kappa shape index (κ2) is 7.40. The molecule has 0 radical (unpaired) electrons. The molecule has 6 nitrogen and oxygen atoms in total. The number of ether oxygens (including phenoxy) is 1. The van der Waals surface area contributed by atoms with E-state index in [1.165, 1.54) is 18.2 Å². The average Bonchev–Trinajstić information content (AvgIpc) is 2.56. The number of nitrogens with one attached hydrogen (secondary N) is 1. The van der Waals surface area contributed by atoms with E-state index < -0.39 is 0 Å². The maximum atomic E-state index is 12.2. The number of hydrogen-bond acceptors (Lipinski definition) is 4. The molecular weight excluding hydrogens is 294 g/mol. The monoisotopic (exact) mass is 313 g/mol. The van der Waals surface area contributed by atoms with E-state index in [1.54, 1.807) is 19.2 Å². The van der Waals surface area contributed by atoms with E-state index in [4.69, 9.17) is 4.74 Å². The molecule has 120 valence electrons. The number of amides is 2. The number of carbonyl (C=O) groups excluding carboxylic acids is 2. The molecule has 2 rings (SSSR count). The largest absolute Gasteiger partial charge is 0.481 e. The third-order valence-electron chi connectivity index (χ3n) is 3.26. The van der Waals surface area contributed by atoms with Crippen LogP contribution >= 0.6 is 0 Å². The predicted octanol–water partition coefficient (Wildman–Crippen LogP) is 2.11. The van der Waals surface area contributed by atoms with Crippen LogP contribution in [-0.4, -0.2) is 42.4 Å². The standard InChI is InChI=1S/C17H19N3O3/c1-12-4-7-14(8-5-12)19-15(21)11-20(2)17(22)13-6-9-16(23-3)18-10-13/h4-10H,11H2,1-3H3,(H,19,21). The van der Waals surface area contributed by atoms with Crippen molar-refractivity contribution in [2.45, 2.75) is 6.92 Å². The number of aromatic nitrogens is 1. The van der Waals surface area contributed by atoms with E-state index in [1.807, 2.05) is 31.2 Å². The van der Waals surface area contributed by atoms with Crippen LogP contribution in [-0.2, 0) is 4.79 Å². The molecule has 0 unspecified atom stereocenters. The van der Waals surface area contributed by atoms with Crippen molar-refractivity contribution in [1.82, 2.24) is 9.88 Å². The minimum absolute atomic E-state index is 0.0429. The van der Waals surface area contributed by atoms with Crippen LogP contribution in [0, 0.1) is 6.92 Å². The summed E-state index contributed by atoms with van der Waals surface area (Å²) in [5.74, 6) is -0.105. The Balaban J connectivity index is 1.94. The Hall–Kier alpha value is -2.89. The third kappa shape index (κ3) is 4.54. The fourth-order valence-electron chi connectivity index (χ4n) is 1.97. The summed E-state index contributed by atoms with van der Waals surface area (Å²) >= 11 is 0. The Morgan fingerprint density at radius 3 is 2.43 bits per heavy atom. The van der Waals surface area contributed by atoms with Gasteiger partial charge in [-0.2, -0.15) is 0 Å². The zero-order valence-electron chi connectivity index (χ0n) is 13.4. The van der Waals surface area contributed by atoms with E-state index in [0.717, 1.165) is 5.56 Å². The van der Waals surface area contributed by atoms with Crippen molar-refractivity contribution < 1.29 is 14.3 Å². The van der Waals surface area contributed by atoms with E-state index in [-0.39, 0.29) is 18.4 Å². The van der Waals surface area contributed by atoms with Gasteiger partial charge in [-0.3, -0.25) is 9.59 Å². The Labute approximate surface area is 135 Å². The molecule has 0 saturated carbocycles. The van der Waals surface area contributed by atoms with Gasteiger partial charge in [0.05, 0.1) is 19.2 Å². The van der Waals surface area contributed by atoms with Crippen molar-refractivity contribution in [3.63, 3.8) is 0 Å². The van der Waals surface area contributed by atoms with Crippen LogP contribution in [0.4, 0.5) is 5.69 Å². The minimum Gasteiger partial charge on any atom is -0.481 e. The van der Waals surface area contributed by atoms with Gasteiger partial charge in [0.1, 0.15) is 0 Å². The molecule has 1 N–H and O–H groups in total. The summed E-state index contributed by atoms with van der Waals surface area (Å²) in [6, 6.07) is 10.7. The number of methoxy groups -OCH3 is 1. The number of likely N-dealkylation sites (N-methyl/N-ethyl adjacent to an activating group) is 1. The lowest BCUT2D eigenvalue weighted by Gasteiger charge is -2.17. The van der Waals surface area contributed by atoms with Gasteiger partial charge in [-0.25, -0.2) is 4.98 Å². The molecule has 23 heavy (non-hydrogen) atoms. The van der Waals surface area contributed by atoms with Crippen molar-refractivity contribution >= 4 is 17.5 Å². The topological polar surface area (TPSA) is 71.5 Å². The number of benzene rings is 1. The summed E-state index contributed by atoms with van der Waals surface area (Å²) in [5.41, 5.74) is 2.21. The minimum atomic E-state index is -0.279. The quantitative estimate of drug-likeness (QED) is 0.917. The van der Waals surface area contributed by atoms with Gasteiger partial charge in [-0.15, -0.1) is 0 Å². The molecule has 0 aliphatic heterocycles. The molecule has 0 aliphatic rings. The van der Waals surface area contributed by atoms with Gasteiger partial charge in [0, 0.05) is 25.0 Å². The van der Waals surface area contributed by atoms with E-state index >= 15 is 0 Å². The average molecular weight is 313 g/mol. The fraction of sp³-hybridized carbons (Fsp3) is 0.235. The van der Waals surface area contributed by atoms with Gasteiger partial charge in [0.2, 0.25) is 11.8 Å². The van der Waals surface area contributed by atoms with E-state index in [9.17, 15) is 9.59 Å². The van der Waals surface area contributed by atoms with Crippen LogP contribution in [0.3, 0.4) is 0 Å². The Bertz CT molecular complexity index is 681. The van der Waals surface area contributed by atoms with Gasteiger partial charge >= 0.3 is 0 Å². The lowest BCUT2D eigenvalue weighted by atomic mass is 10.2. The summed E-state index contributed by atoms with van der Waals surface area (Å²) in [4.78, 5) is 29.6. The van der Waals surface area contributed by atoms with Gasteiger partial charge in [0.15, 0.2) is 0 Å². The summed E-state index contributed by atoms with van der Waals surface area (Å²) in [5, 5.41) is 2.76. The fourth-order valence-corrected chi connectivity index (χ4v) is 1.97. The van der Waals surface area contributed by atoms with Gasteiger partial charge in [0.25, 0.3) is 5.91 Å². The highest BCUT2D eigenvalue weighted by molar-refractivity contribution is 5.99. The zero-order chi connectivity index (χ0) is 16.8. The van der Waals surface area contributed by atoms with Crippen molar-refractivity contribution in [2.75, 3.05) is 26.0 Å². The molecule has 6 heteroatoms. The van der Waals surface area contributed by atoms with Crippen molar-refractivity contribution in [3.8, 4) is 5.88 Å². The van der Waals surface area contributed by atoms with Crippen LogP contribution < -0.4 is 10.1 Å². The SMILES string of the molecule is COc1ccc(C(=O)N(C)CC(=O)Nc2ccc(C)cc2)cn1. The molecule has 0 fully saturated rings. The lowest BCUT2D eigenvalue weighted by Crippen LogP contribution is -2.35. The Kier molecular flexibility index (Phi) is 5.30. The highest BCUT2D eigenvalue weighted by atomic mass is 16.5. The molecule has 2 aromatic rings. The first kappa shape index (κ1) is 16.5. The summed E-state index contributed by atoms with van der Waals surface area (Å²) in [7, 11) is 3.08. The smallest absolute Gasteiger partial charge is 0.255 e. The lowest BCUT2D eigenvalue weighted by molar-refractivity contribution is -0.116. The highest BCUT2D eigenvalue weighted by Gasteiger charge is 2.15. The van der Waals surface area contributed by atoms with Crippen LogP contribution in [0.1, 0.15) is 15.9 Å². The number of rotatable bonds is 5. The number of pyridine rings is 1. The first-order valence-electron chi connectivity index (χ1n) is 7.11. The van der Waals surface area contributed by atoms with Crippen molar-refractivity contribution in [3.05, 3.63) is 53.7 Å². The van der Waals surface area contributed by atoms with Crippen molar-refractivity contribution in [2.24, 2.45) is 0 Å². The summed E-state index contributed by atoms with van der Waals surface area (Å²) < 4.78 is 4.95. The zero-order valence-corrected chi connectivity index (χ0v) is 13.4. The molecule has 0 bridgehead atoms. The molecule has 1 heterocycles. The number of aryl methyl sites for hydroxylation is 1. The van der Waals surface area contributed by atoms with Crippen molar-refractivity contribution in [1.29, 1.82) is 0 Å². The number of anilines is 1. The maximum Gasteiger partial charge on any atom is 0.255 e.